The molecular formula is C15H18N2O3. The molecule has 0 saturated heterocycles. The number of nitrogens with zero attached hydrogens (tertiary/aromatic N) is 2. The van der Waals surface area contributed by atoms with Crippen molar-refractivity contribution in [3.63, 3.8) is 0 Å². The predicted octanol–water partition coefficient (Wildman–Crippen LogP) is 2.64. The van der Waals surface area contributed by atoms with Crippen LogP contribution in [-0.2, 0) is 11.3 Å². The fourth-order valence-electron chi connectivity index (χ4n) is 2.16. The van der Waals surface area contributed by atoms with Crippen LogP contribution in [0.15, 0.2) is 40.9 Å². The topological polar surface area (TPSA) is 66.6 Å². The first-order chi connectivity index (χ1) is 9.61. The minimum Gasteiger partial charge on any atom is -0.480 e. The van der Waals surface area contributed by atoms with Crippen molar-refractivity contribution < 1.29 is 14.4 Å². The Morgan fingerprint density at radius 3 is 2.70 bits per heavy atom. The molecule has 1 N–H and O–H groups in total. The summed E-state index contributed by atoms with van der Waals surface area (Å²) in [5, 5.41) is 13.1. The molecule has 1 atom stereocenters. The number of aliphatic carboxylic acids is 1. The lowest BCUT2D eigenvalue weighted by Gasteiger charge is -2.21. The normalized spacial score (nSPS) is 12.6. The standard InChI is InChI=1S/C15H18N2O3/c1-3-14(15(18)19)17(2)10-12-9-13(16-20-12)11-7-5-4-6-8-11/h4-9,14H,3,10H2,1-2H3,(H,18,19). The van der Waals surface area contributed by atoms with Gasteiger partial charge in [-0.1, -0.05) is 42.4 Å². The summed E-state index contributed by atoms with van der Waals surface area (Å²) >= 11 is 0. The van der Waals surface area contributed by atoms with Gasteiger partial charge in [0.15, 0.2) is 5.76 Å². The lowest BCUT2D eigenvalue weighted by molar-refractivity contribution is -0.143. The number of carboxylic acids is 1. The quantitative estimate of drug-likeness (QED) is 0.877. The van der Waals surface area contributed by atoms with E-state index in [-0.39, 0.29) is 0 Å². The van der Waals surface area contributed by atoms with E-state index in [1.54, 1.807) is 11.9 Å². The smallest absolute Gasteiger partial charge is 0.320 e. The summed E-state index contributed by atoms with van der Waals surface area (Å²) in [4.78, 5) is 12.8. The number of hydrogen-bond donors (Lipinski definition) is 1. The van der Waals surface area contributed by atoms with Crippen molar-refractivity contribution in [3.8, 4) is 11.3 Å². The van der Waals surface area contributed by atoms with E-state index in [0.29, 0.717) is 18.7 Å². The highest BCUT2D eigenvalue weighted by molar-refractivity contribution is 5.73. The molecule has 20 heavy (non-hydrogen) atoms. The molecule has 1 heterocycles. The van der Waals surface area contributed by atoms with Gasteiger partial charge in [-0.2, -0.15) is 0 Å². The number of aromatic nitrogens is 1. The number of hydrogen-bond acceptors (Lipinski definition) is 4. The summed E-state index contributed by atoms with van der Waals surface area (Å²) in [5.74, 6) is -0.163. The van der Waals surface area contributed by atoms with Crippen LogP contribution in [0.3, 0.4) is 0 Å². The van der Waals surface area contributed by atoms with E-state index in [9.17, 15) is 4.79 Å². The molecule has 0 fully saturated rings. The summed E-state index contributed by atoms with van der Waals surface area (Å²) in [6.07, 6.45) is 0.547. The number of likely N-dealkylation sites (N-methyl/N-ethyl adjacent to an activating group) is 1. The monoisotopic (exact) mass is 274 g/mol. The SMILES string of the molecule is CCC(C(=O)O)N(C)Cc1cc(-c2ccccc2)no1. The average molecular weight is 274 g/mol. The molecule has 2 aromatic rings. The number of carboxylic acid groups (broad SMARTS) is 1. The van der Waals surface area contributed by atoms with E-state index in [1.165, 1.54) is 0 Å². The fourth-order valence-corrected chi connectivity index (χ4v) is 2.16. The Morgan fingerprint density at radius 2 is 2.10 bits per heavy atom. The second kappa shape index (κ2) is 6.34. The third-order valence-corrected chi connectivity index (χ3v) is 3.24. The van der Waals surface area contributed by atoms with Gasteiger partial charge in [0.1, 0.15) is 11.7 Å². The summed E-state index contributed by atoms with van der Waals surface area (Å²) in [6.45, 7) is 2.27. The van der Waals surface area contributed by atoms with Crippen molar-refractivity contribution in [3.05, 3.63) is 42.2 Å². The Hall–Kier alpha value is -2.14. The van der Waals surface area contributed by atoms with Crippen LogP contribution < -0.4 is 0 Å². The van der Waals surface area contributed by atoms with Crippen molar-refractivity contribution in [2.75, 3.05) is 7.05 Å². The molecule has 0 aliphatic carbocycles. The zero-order chi connectivity index (χ0) is 14.5. The van der Waals surface area contributed by atoms with E-state index >= 15 is 0 Å². The van der Waals surface area contributed by atoms with Crippen LogP contribution in [0.2, 0.25) is 0 Å². The Bertz CT molecular complexity index is 566. The highest BCUT2D eigenvalue weighted by Gasteiger charge is 2.21. The van der Waals surface area contributed by atoms with Crippen LogP contribution in [0.4, 0.5) is 0 Å². The molecule has 0 bridgehead atoms. The highest BCUT2D eigenvalue weighted by atomic mass is 16.5. The molecular weight excluding hydrogens is 256 g/mol. The first kappa shape index (κ1) is 14.3. The second-order valence-electron chi connectivity index (χ2n) is 4.72. The molecule has 0 aliphatic rings. The molecule has 106 valence electrons. The van der Waals surface area contributed by atoms with Crippen molar-refractivity contribution >= 4 is 5.97 Å². The summed E-state index contributed by atoms with van der Waals surface area (Å²) < 4.78 is 5.28. The van der Waals surface area contributed by atoms with Gasteiger partial charge in [-0.15, -0.1) is 0 Å². The molecule has 1 aromatic carbocycles. The van der Waals surface area contributed by atoms with Crippen LogP contribution in [0.25, 0.3) is 11.3 Å². The zero-order valence-corrected chi connectivity index (χ0v) is 11.6. The minimum absolute atomic E-state index is 0.421. The van der Waals surface area contributed by atoms with E-state index in [1.807, 2.05) is 43.3 Å². The van der Waals surface area contributed by atoms with E-state index in [4.69, 9.17) is 9.63 Å². The van der Waals surface area contributed by atoms with Crippen LogP contribution in [-0.4, -0.2) is 34.2 Å². The van der Waals surface area contributed by atoms with Gasteiger partial charge in [0.2, 0.25) is 0 Å². The van der Waals surface area contributed by atoms with E-state index in [2.05, 4.69) is 5.16 Å². The maximum atomic E-state index is 11.1. The highest BCUT2D eigenvalue weighted by Crippen LogP contribution is 2.19. The Labute approximate surface area is 117 Å². The largest absolute Gasteiger partial charge is 0.480 e. The number of rotatable bonds is 6. The van der Waals surface area contributed by atoms with Gasteiger partial charge in [-0.3, -0.25) is 9.69 Å². The van der Waals surface area contributed by atoms with Crippen molar-refractivity contribution in [1.29, 1.82) is 0 Å². The molecule has 0 saturated carbocycles. The van der Waals surface area contributed by atoms with Gasteiger partial charge in [-0.25, -0.2) is 0 Å². The predicted molar refractivity (Wildman–Crippen MR) is 75.1 cm³/mol. The van der Waals surface area contributed by atoms with E-state index in [0.717, 1.165) is 11.3 Å². The average Bonchev–Trinajstić information content (AvgIpc) is 2.88. The molecule has 5 heteroatoms. The molecule has 1 unspecified atom stereocenters. The number of benzene rings is 1. The maximum absolute atomic E-state index is 11.1. The van der Waals surface area contributed by atoms with Gasteiger partial charge < -0.3 is 9.63 Å². The molecule has 0 amide bonds. The third kappa shape index (κ3) is 3.24. The first-order valence-electron chi connectivity index (χ1n) is 6.56. The Kier molecular flexibility index (Phi) is 4.53. The molecule has 0 radical (unpaired) electrons. The molecule has 5 nitrogen and oxygen atoms in total. The molecule has 0 spiro atoms. The van der Waals surface area contributed by atoms with E-state index < -0.39 is 12.0 Å². The van der Waals surface area contributed by atoms with Gasteiger partial charge in [0, 0.05) is 11.6 Å². The summed E-state index contributed by atoms with van der Waals surface area (Å²) in [6, 6.07) is 11.1. The Balaban J connectivity index is 2.08. The lowest BCUT2D eigenvalue weighted by atomic mass is 10.1. The molecule has 1 aromatic heterocycles. The fraction of sp³-hybridized carbons (Fsp3) is 0.333. The molecule has 2 rings (SSSR count). The second-order valence-corrected chi connectivity index (χ2v) is 4.72. The summed E-state index contributed by atoms with van der Waals surface area (Å²) in [5.41, 5.74) is 1.74. The first-order valence-corrected chi connectivity index (χ1v) is 6.56. The number of carbonyl (C=O) groups is 1. The van der Waals surface area contributed by atoms with Crippen molar-refractivity contribution in [1.82, 2.24) is 10.1 Å². The zero-order valence-electron chi connectivity index (χ0n) is 11.6. The van der Waals surface area contributed by atoms with Crippen LogP contribution in [0.5, 0.6) is 0 Å². The van der Waals surface area contributed by atoms with Gasteiger partial charge in [0.05, 0.1) is 6.54 Å². The maximum Gasteiger partial charge on any atom is 0.320 e. The lowest BCUT2D eigenvalue weighted by Crippen LogP contribution is -2.37. The van der Waals surface area contributed by atoms with Crippen LogP contribution in [0.1, 0.15) is 19.1 Å². The Morgan fingerprint density at radius 1 is 1.40 bits per heavy atom. The van der Waals surface area contributed by atoms with Crippen molar-refractivity contribution in [2.24, 2.45) is 0 Å². The van der Waals surface area contributed by atoms with Gasteiger partial charge in [-0.05, 0) is 13.5 Å². The van der Waals surface area contributed by atoms with Crippen LogP contribution >= 0.6 is 0 Å². The van der Waals surface area contributed by atoms with Gasteiger partial charge >= 0.3 is 5.97 Å². The molecule has 0 aliphatic heterocycles. The van der Waals surface area contributed by atoms with Crippen LogP contribution in [0, 0.1) is 0 Å². The van der Waals surface area contributed by atoms with Crippen molar-refractivity contribution in [2.45, 2.75) is 25.9 Å². The minimum atomic E-state index is -0.821. The van der Waals surface area contributed by atoms with Gasteiger partial charge in [0.25, 0.3) is 0 Å². The summed E-state index contributed by atoms with van der Waals surface area (Å²) in [7, 11) is 1.77. The third-order valence-electron chi connectivity index (χ3n) is 3.24.